The van der Waals surface area contributed by atoms with E-state index >= 15 is 0 Å². The number of hydrogen-bond acceptors (Lipinski definition) is 2. The molecule has 114 valence electrons. The molecule has 0 fully saturated rings. The lowest BCUT2D eigenvalue weighted by Crippen LogP contribution is -2.28. The van der Waals surface area contributed by atoms with Crippen LogP contribution in [-0.2, 0) is 0 Å². The maximum atomic E-state index is 10.7. The number of nitrogens with zero attached hydrogens (tertiary/aromatic N) is 2. The van der Waals surface area contributed by atoms with Crippen LogP contribution in [0.4, 0.5) is 11.4 Å². The Balaban J connectivity index is 2.07. The zero-order chi connectivity index (χ0) is 16.1. The highest BCUT2D eigenvalue weighted by atomic mass is 16.5. The molecule has 23 heavy (non-hydrogen) atoms. The van der Waals surface area contributed by atoms with Crippen LogP contribution < -0.4 is 5.06 Å². The van der Waals surface area contributed by atoms with Gasteiger partial charge in [-0.2, -0.15) is 0 Å². The van der Waals surface area contributed by atoms with E-state index in [-0.39, 0.29) is 0 Å². The molecular weight excluding hydrogens is 284 g/mol. The molecule has 1 N–H and O–H groups in total. The summed E-state index contributed by atoms with van der Waals surface area (Å²) in [6, 6.07) is 27.0. The molecule has 3 heteroatoms. The molecule has 0 unspecified atom stereocenters. The lowest BCUT2D eigenvalue weighted by Gasteiger charge is -2.20. The number of aryl methyl sites for hydroxylation is 1. The van der Waals surface area contributed by atoms with E-state index in [9.17, 15) is 5.21 Å². The quantitative estimate of drug-likeness (QED) is 0.421. The molecule has 0 aromatic heterocycles. The van der Waals surface area contributed by atoms with Gasteiger partial charge < -0.3 is 0 Å². The first-order valence-electron chi connectivity index (χ1n) is 7.49. The Morgan fingerprint density at radius 2 is 1.48 bits per heavy atom. The molecule has 0 aliphatic carbocycles. The molecule has 0 bridgehead atoms. The third kappa shape index (κ3) is 3.65. The molecule has 3 nitrogen and oxygen atoms in total. The molecule has 0 spiro atoms. The highest BCUT2D eigenvalue weighted by Gasteiger charge is 2.14. The van der Waals surface area contributed by atoms with Crippen molar-refractivity contribution in [1.29, 1.82) is 0 Å². The first kappa shape index (κ1) is 15.0. The van der Waals surface area contributed by atoms with Crippen molar-refractivity contribution < 1.29 is 5.21 Å². The van der Waals surface area contributed by atoms with Gasteiger partial charge in [0.1, 0.15) is 0 Å². The molecule has 3 aromatic rings. The summed E-state index contributed by atoms with van der Waals surface area (Å²) in [6.45, 7) is 1.99. The highest BCUT2D eigenvalue weighted by molar-refractivity contribution is 6.09. The van der Waals surface area contributed by atoms with Gasteiger partial charge in [0, 0.05) is 5.56 Å². The monoisotopic (exact) mass is 302 g/mol. The fraction of sp³-hybridized carbons (Fsp3) is 0.0500. The smallest absolute Gasteiger partial charge is 0.165 e. The van der Waals surface area contributed by atoms with Crippen LogP contribution in [-0.4, -0.2) is 11.0 Å². The van der Waals surface area contributed by atoms with Crippen molar-refractivity contribution in [1.82, 2.24) is 0 Å². The van der Waals surface area contributed by atoms with Crippen molar-refractivity contribution in [3.05, 3.63) is 96.1 Å². The average Bonchev–Trinajstić information content (AvgIpc) is 2.61. The second-order valence-electron chi connectivity index (χ2n) is 5.29. The molecule has 0 heterocycles. The van der Waals surface area contributed by atoms with Crippen LogP contribution in [0.5, 0.6) is 0 Å². The molecule has 3 rings (SSSR count). The van der Waals surface area contributed by atoms with E-state index in [4.69, 9.17) is 0 Å². The standard InChI is InChI=1S/C20H18N2O/c1-16-9-8-14-19(15-16)22(23)20(17-10-4-2-5-11-17)21-18-12-6-3-7-13-18/h2-15,23H,1H3. The zero-order valence-electron chi connectivity index (χ0n) is 12.9. The summed E-state index contributed by atoms with van der Waals surface area (Å²) >= 11 is 0. The lowest BCUT2D eigenvalue weighted by molar-refractivity contribution is 0.312. The summed E-state index contributed by atoms with van der Waals surface area (Å²) in [7, 11) is 0. The SMILES string of the molecule is Cc1cccc(N(O)C(=Nc2ccccc2)c2ccccc2)c1. The van der Waals surface area contributed by atoms with E-state index in [1.54, 1.807) is 0 Å². The molecule has 0 saturated carbocycles. The first-order valence-corrected chi connectivity index (χ1v) is 7.49. The molecular formula is C20H18N2O. The normalized spacial score (nSPS) is 11.3. The third-order valence-corrected chi connectivity index (χ3v) is 3.47. The Morgan fingerprint density at radius 3 is 2.13 bits per heavy atom. The molecule has 0 aliphatic heterocycles. The molecule has 3 aromatic carbocycles. The number of benzene rings is 3. The Bertz CT molecular complexity index is 798. The van der Waals surface area contributed by atoms with Crippen molar-refractivity contribution in [3.63, 3.8) is 0 Å². The summed E-state index contributed by atoms with van der Waals surface area (Å²) in [4.78, 5) is 4.63. The largest absolute Gasteiger partial charge is 0.282 e. The van der Waals surface area contributed by atoms with Crippen LogP contribution in [0.1, 0.15) is 11.1 Å². The minimum absolute atomic E-state index is 0.488. The van der Waals surface area contributed by atoms with Crippen molar-refractivity contribution in [2.45, 2.75) is 6.92 Å². The first-order chi connectivity index (χ1) is 11.2. The maximum absolute atomic E-state index is 10.7. The second kappa shape index (κ2) is 6.90. The predicted molar refractivity (Wildman–Crippen MR) is 94.5 cm³/mol. The van der Waals surface area contributed by atoms with Crippen LogP contribution >= 0.6 is 0 Å². The van der Waals surface area contributed by atoms with Gasteiger partial charge in [-0.05, 0) is 36.8 Å². The van der Waals surface area contributed by atoms with Gasteiger partial charge in [0.2, 0.25) is 0 Å². The second-order valence-corrected chi connectivity index (χ2v) is 5.29. The Labute approximate surface area is 136 Å². The van der Waals surface area contributed by atoms with E-state index in [1.807, 2.05) is 91.9 Å². The number of amidine groups is 1. The lowest BCUT2D eigenvalue weighted by atomic mass is 10.1. The molecule has 0 radical (unpaired) electrons. The third-order valence-electron chi connectivity index (χ3n) is 3.47. The van der Waals surface area contributed by atoms with Gasteiger partial charge in [-0.1, -0.05) is 60.7 Å². The van der Waals surface area contributed by atoms with Gasteiger partial charge in [-0.3, -0.25) is 5.21 Å². The minimum atomic E-state index is 0.488. The fourth-order valence-electron chi connectivity index (χ4n) is 2.33. The van der Waals surface area contributed by atoms with Gasteiger partial charge in [0.15, 0.2) is 5.84 Å². The Hall–Kier alpha value is -2.91. The number of anilines is 1. The van der Waals surface area contributed by atoms with Crippen LogP contribution in [0.2, 0.25) is 0 Å². The molecule has 0 aliphatic rings. The summed E-state index contributed by atoms with van der Waals surface area (Å²) in [6.07, 6.45) is 0. The van der Waals surface area contributed by atoms with E-state index in [2.05, 4.69) is 4.99 Å². The van der Waals surface area contributed by atoms with Gasteiger partial charge in [-0.15, -0.1) is 0 Å². The summed E-state index contributed by atoms with van der Waals surface area (Å²) in [5, 5.41) is 11.9. The van der Waals surface area contributed by atoms with Crippen LogP contribution in [0.3, 0.4) is 0 Å². The molecule has 0 saturated heterocycles. The predicted octanol–water partition coefficient (Wildman–Crippen LogP) is 4.97. The zero-order valence-corrected chi connectivity index (χ0v) is 12.9. The van der Waals surface area contributed by atoms with Gasteiger partial charge in [-0.25, -0.2) is 10.1 Å². The maximum Gasteiger partial charge on any atom is 0.165 e. The highest BCUT2D eigenvalue weighted by Crippen LogP contribution is 2.20. The van der Waals surface area contributed by atoms with E-state index in [0.717, 1.165) is 21.9 Å². The number of para-hydroxylation sites is 1. The number of rotatable bonds is 3. The van der Waals surface area contributed by atoms with Gasteiger partial charge in [0.05, 0.1) is 11.4 Å². The fourth-order valence-corrected chi connectivity index (χ4v) is 2.33. The van der Waals surface area contributed by atoms with E-state index < -0.39 is 0 Å². The van der Waals surface area contributed by atoms with Crippen molar-refractivity contribution in [3.8, 4) is 0 Å². The summed E-state index contributed by atoms with van der Waals surface area (Å²) in [5.74, 6) is 0.488. The average molecular weight is 302 g/mol. The van der Waals surface area contributed by atoms with E-state index in [1.165, 1.54) is 0 Å². The summed E-state index contributed by atoms with van der Waals surface area (Å²) in [5.41, 5.74) is 3.40. The topological polar surface area (TPSA) is 35.8 Å². The number of aliphatic imine (C=N–C) groups is 1. The van der Waals surface area contributed by atoms with Crippen molar-refractivity contribution >= 4 is 17.2 Å². The van der Waals surface area contributed by atoms with Crippen molar-refractivity contribution in [2.75, 3.05) is 5.06 Å². The van der Waals surface area contributed by atoms with Gasteiger partial charge in [0.25, 0.3) is 0 Å². The Morgan fingerprint density at radius 1 is 0.826 bits per heavy atom. The van der Waals surface area contributed by atoms with Crippen LogP contribution in [0.15, 0.2) is 89.9 Å². The van der Waals surface area contributed by atoms with Crippen molar-refractivity contribution in [2.24, 2.45) is 4.99 Å². The van der Waals surface area contributed by atoms with Crippen LogP contribution in [0.25, 0.3) is 0 Å². The van der Waals surface area contributed by atoms with Gasteiger partial charge >= 0.3 is 0 Å². The number of hydroxylamine groups is 1. The minimum Gasteiger partial charge on any atom is -0.282 e. The molecule has 0 atom stereocenters. The van der Waals surface area contributed by atoms with E-state index in [0.29, 0.717) is 11.5 Å². The van der Waals surface area contributed by atoms with Crippen LogP contribution in [0, 0.1) is 6.92 Å². The summed E-state index contributed by atoms with van der Waals surface area (Å²) < 4.78 is 0. The Kier molecular flexibility index (Phi) is 4.50. The molecule has 0 amide bonds. The number of hydrogen-bond donors (Lipinski definition) is 1.